The van der Waals surface area contributed by atoms with E-state index in [0.29, 0.717) is 11.3 Å². The lowest BCUT2D eigenvalue weighted by Crippen LogP contribution is -1.98. The summed E-state index contributed by atoms with van der Waals surface area (Å²) in [4.78, 5) is 10.8. The predicted octanol–water partition coefficient (Wildman–Crippen LogP) is 2.44. The first-order valence-electron chi connectivity index (χ1n) is 4.34. The van der Waals surface area contributed by atoms with Crippen LogP contribution in [-0.2, 0) is 4.79 Å². The molecular formula is C11H12O3S. The van der Waals surface area contributed by atoms with E-state index in [2.05, 4.69) is 12.6 Å². The van der Waals surface area contributed by atoms with Gasteiger partial charge in [0.15, 0.2) is 0 Å². The molecule has 0 unspecified atom stereocenters. The number of benzene rings is 1. The summed E-state index contributed by atoms with van der Waals surface area (Å²) in [5.41, 5.74) is 1.33. The van der Waals surface area contributed by atoms with E-state index in [9.17, 15) is 4.79 Å². The highest BCUT2D eigenvalue weighted by Crippen LogP contribution is 2.28. The standard InChI is InChI=1S/C11H12O3S/c1-7(10(15)11(12)13)8-5-3-4-6-9(8)14-2/h3-6,15H,1-2H3,(H,12,13). The van der Waals surface area contributed by atoms with E-state index in [1.165, 1.54) is 0 Å². The van der Waals surface area contributed by atoms with Crippen LogP contribution in [0.4, 0.5) is 0 Å². The molecule has 0 aliphatic rings. The third kappa shape index (κ3) is 2.53. The van der Waals surface area contributed by atoms with Gasteiger partial charge in [-0.2, -0.15) is 0 Å². The minimum Gasteiger partial charge on any atom is -0.496 e. The number of carboxylic acids is 1. The molecule has 80 valence electrons. The van der Waals surface area contributed by atoms with E-state index < -0.39 is 5.97 Å². The van der Waals surface area contributed by atoms with Crippen LogP contribution in [-0.4, -0.2) is 18.2 Å². The van der Waals surface area contributed by atoms with E-state index >= 15 is 0 Å². The Labute approximate surface area is 93.8 Å². The molecule has 1 rings (SSSR count). The number of methoxy groups -OCH3 is 1. The average molecular weight is 224 g/mol. The Morgan fingerprint density at radius 2 is 2.00 bits per heavy atom. The molecule has 0 aliphatic heterocycles. The average Bonchev–Trinajstić information content (AvgIpc) is 2.26. The molecule has 0 spiro atoms. The molecular weight excluding hydrogens is 212 g/mol. The van der Waals surface area contributed by atoms with Gasteiger partial charge in [0.1, 0.15) is 5.75 Å². The van der Waals surface area contributed by atoms with Gasteiger partial charge in [-0.15, -0.1) is 12.6 Å². The van der Waals surface area contributed by atoms with Crippen molar-refractivity contribution in [2.75, 3.05) is 7.11 Å². The maximum Gasteiger partial charge on any atom is 0.342 e. The minimum absolute atomic E-state index is 0.0273. The number of carbonyl (C=O) groups is 1. The van der Waals surface area contributed by atoms with Gasteiger partial charge < -0.3 is 9.84 Å². The summed E-state index contributed by atoms with van der Waals surface area (Å²) in [6, 6.07) is 7.23. The Morgan fingerprint density at radius 1 is 1.40 bits per heavy atom. The Hall–Kier alpha value is -1.42. The van der Waals surface area contributed by atoms with Gasteiger partial charge in [0.25, 0.3) is 0 Å². The summed E-state index contributed by atoms with van der Waals surface area (Å²) < 4.78 is 5.14. The SMILES string of the molecule is COc1ccccc1C(C)=C(S)C(=O)O. The second-order valence-electron chi connectivity index (χ2n) is 2.98. The molecule has 1 aromatic carbocycles. The first-order valence-corrected chi connectivity index (χ1v) is 4.79. The lowest BCUT2D eigenvalue weighted by molar-refractivity contribution is -0.131. The summed E-state index contributed by atoms with van der Waals surface area (Å²) in [5.74, 6) is -0.399. The lowest BCUT2D eigenvalue weighted by Gasteiger charge is -2.09. The number of hydrogen-bond acceptors (Lipinski definition) is 3. The van der Waals surface area contributed by atoms with Crippen molar-refractivity contribution in [3.05, 3.63) is 34.7 Å². The van der Waals surface area contributed by atoms with Crippen LogP contribution < -0.4 is 4.74 Å². The number of hydrogen-bond donors (Lipinski definition) is 2. The fourth-order valence-corrected chi connectivity index (χ4v) is 1.36. The monoisotopic (exact) mass is 224 g/mol. The summed E-state index contributed by atoms with van der Waals surface area (Å²) in [5, 5.41) is 8.80. The van der Waals surface area contributed by atoms with Gasteiger partial charge in [0.2, 0.25) is 0 Å². The van der Waals surface area contributed by atoms with Crippen LogP contribution >= 0.6 is 12.6 Å². The normalized spacial score (nSPS) is 11.9. The molecule has 0 aromatic heterocycles. The second-order valence-corrected chi connectivity index (χ2v) is 3.43. The largest absolute Gasteiger partial charge is 0.496 e. The molecule has 0 aliphatic carbocycles. The van der Waals surface area contributed by atoms with Gasteiger partial charge in [-0.3, -0.25) is 0 Å². The van der Waals surface area contributed by atoms with E-state index in [0.717, 1.165) is 5.56 Å². The molecule has 0 amide bonds. The zero-order valence-electron chi connectivity index (χ0n) is 8.52. The molecule has 3 nitrogen and oxygen atoms in total. The molecule has 0 atom stereocenters. The Morgan fingerprint density at radius 3 is 2.53 bits per heavy atom. The Balaban J connectivity index is 3.27. The van der Waals surface area contributed by atoms with Gasteiger partial charge >= 0.3 is 5.97 Å². The van der Waals surface area contributed by atoms with Crippen LogP contribution in [0.2, 0.25) is 0 Å². The molecule has 15 heavy (non-hydrogen) atoms. The highest BCUT2D eigenvalue weighted by atomic mass is 32.1. The number of para-hydroxylation sites is 1. The Bertz CT molecular complexity index is 410. The smallest absolute Gasteiger partial charge is 0.342 e. The van der Waals surface area contributed by atoms with Crippen LogP contribution in [0.3, 0.4) is 0 Å². The van der Waals surface area contributed by atoms with Crippen molar-refractivity contribution in [3.8, 4) is 5.75 Å². The molecule has 1 aromatic rings. The number of carboxylic acid groups (broad SMARTS) is 1. The number of ether oxygens (including phenoxy) is 1. The predicted molar refractivity (Wildman–Crippen MR) is 62.2 cm³/mol. The zero-order chi connectivity index (χ0) is 11.4. The highest BCUT2D eigenvalue weighted by molar-refractivity contribution is 7.85. The van der Waals surface area contributed by atoms with Crippen molar-refractivity contribution in [1.82, 2.24) is 0 Å². The number of rotatable bonds is 3. The first kappa shape index (κ1) is 11.7. The number of aliphatic carboxylic acids is 1. The molecule has 0 fully saturated rings. The molecule has 4 heteroatoms. The fourth-order valence-electron chi connectivity index (χ4n) is 1.24. The van der Waals surface area contributed by atoms with Crippen molar-refractivity contribution in [2.45, 2.75) is 6.92 Å². The van der Waals surface area contributed by atoms with Crippen LogP contribution in [0, 0.1) is 0 Å². The molecule has 0 radical (unpaired) electrons. The van der Waals surface area contributed by atoms with Gasteiger partial charge in [0, 0.05) is 5.56 Å². The first-order chi connectivity index (χ1) is 7.07. The molecule has 0 saturated carbocycles. The molecule has 0 bridgehead atoms. The van der Waals surface area contributed by atoms with Gasteiger partial charge in [0.05, 0.1) is 12.0 Å². The van der Waals surface area contributed by atoms with E-state index in [4.69, 9.17) is 9.84 Å². The zero-order valence-corrected chi connectivity index (χ0v) is 9.41. The lowest BCUT2D eigenvalue weighted by atomic mass is 10.1. The third-order valence-corrected chi connectivity index (χ3v) is 2.60. The maximum absolute atomic E-state index is 10.7. The summed E-state index contributed by atoms with van der Waals surface area (Å²) in [6.45, 7) is 1.70. The van der Waals surface area contributed by atoms with Crippen molar-refractivity contribution >= 4 is 24.2 Å². The number of allylic oxidation sites excluding steroid dienone is 1. The topological polar surface area (TPSA) is 46.5 Å². The van der Waals surface area contributed by atoms with Crippen molar-refractivity contribution < 1.29 is 14.6 Å². The van der Waals surface area contributed by atoms with Gasteiger partial charge in [-0.25, -0.2) is 4.79 Å². The van der Waals surface area contributed by atoms with Crippen molar-refractivity contribution in [1.29, 1.82) is 0 Å². The molecule has 0 heterocycles. The van der Waals surface area contributed by atoms with E-state index in [-0.39, 0.29) is 4.91 Å². The van der Waals surface area contributed by atoms with Crippen LogP contribution in [0.1, 0.15) is 12.5 Å². The van der Waals surface area contributed by atoms with Crippen LogP contribution in [0.15, 0.2) is 29.2 Å². The summed E-state index contributed by atoms with van der Waals surface area (Å²) in [7, 11) is 1.55. The third-order valence-electron chi connectivity index (χ3n) is 2.07. The Kier molecular flexibility index (Phi) is 3.80. The molecule has 0 saturated heterocycles. The second kappa shape index (κ2) is 4.89. The van der Waals surface area contributed by atoms with Crippen molar-refractivity contribution in [3.63, 3.8) is 0 Å². The summed E-state index contributed by atoms with van der Waals surface area (Å²) >= 11 is 3.94. The quantitative estimate of drug-likeness (QED) is 0.612. The van der Waals surface area contributed by atoms with Crippen molar-refractivity contribution in [2.24, 2.45) is 0 Å². The van der Waals surface area contributed by atoms with Gasteiger partial charge in [-0.1, -0.05) is 18.2 Å². The van der Waals surface area contributed by atoms with Gasteiger partial charge in [-0.05, 0) is 18.6 Å². The maximum atomic E-state index is 10.7. The van der Waals surface area contributed by atoms with Crippen LogP contribution in [0.5, 0.6) is 5.75 Å². The van der Waals surface area contributed by atoms with E-state index in [1.54, 1.807) is 26.2 Å². The van der Waals surface area contributed by atoms with E-state index in [1.807, 2.05) is 12.1 Å². The highest BCUT2D eigenvalue weighted by Gasteiger charge is 2.11. The van der Waals surface area contributed by atoms with Crippen LogP contribution in [0.25, 0.3) is 5.57 Å². The summed E-state index contributed by atoms with van der Waals surface area (Å²) in [6.07, 6.45) is 0. The number of thiol groups is 1. The minimum atomic E-state index is -1.04. The fraction of sp³-hybridized carbons (Fsp3) is 0.182. The molecule has 1 N–H and O–H groups in total.